The number of nitrogens with zero attached hydrogens (tertiary/aromatic N) is 3. The first-order chi connectivity index (χ1) is 9.69. The number of halogens is 1. The summed E-state index contributed by atoms with van der Waals surface area (Å²) in [5.74, 6) is 1.74. The van der Waals surface area contributed by atoms with Crippen molar-refractivity contribution < 1.29 is 0 Å². The van der Waals surface area contributed by atoms with Crippen molar-refractivity contribution in [2.45, 2.75) is 19.8 Å². The molecule has 0 aliphatic carbocycles. The van der Waals surface area contributed by atoms with E-state index in [1.165, 1.54) is 6.42 Å². The van der Waals surface area contributed by atoms with E-state index in [0.717, 1.165) is 34.8 Å². The number of benzene rings is 1. The minimum absolute atomic E-state index is 0.802. The van der Waals surface area contributed by atoms with Gasteiger partial charge in [-0.25, -0.2) is 9.97 Å². The summed E-state index contributed by atoms with van der Waals surface area (Å²) in [6.07, 6.45) is 3.94. The van der Waals surface area contributed by atoms with Crippen LogP contribution in [0.3, 0.4) is 0 Å². The minimum atomic E-state index is 0.802. The van der Waals surface area contributed by atoms with Gasteiger partial charge in [0.2, 0.25) is 0 Å². The third kappa shape index (κ3) is 4.20. The largest absolute Gasteiger partial charge is 0.360 e. The summed E-state index contributed by atoms with van der Waals surface area (Å²) < 4.78 is 1.04. The van der Waals surface area contributed by atoms with Crippen LogP contribution in [0.2, 0.25) is 0 Å². The van der Waals surface area contributed by atoms with Crippen LogP contribution in [-0.2, 0) is 0 Å². The van der Waals surface area contributed by atoms with Crippen LogP contribution < -0.4 is 10.2 Å². The Morgan fingerprint density at radius 1 is 1.25 bits per heavy atom. The highest BCUT2D eigenvalue weighted by Gasteiger charge is 2.04. The van der Waals surface area contributed by atoms with Crippen molar-refractivity contribution >= 4 is 33.3 Å². The van der Waals surface area contributed by atoms with Crippen LogP contribution in [0, 0.1) is 0 Å². The minimum Gasteiger partial charge on any atom is -0.360 e. The highest BCUT2D eigenvalue weighted by atomic mass is 79.9. The Kier molecular flexibility index (Phi) is 5.35. The topological polar surface area (TPSA) is 41.0 Å². The lowest BCUT2D eigenvalue weighted by atomic mass is 10.3. The lowest BCUT2D eigenvalue weighted by Gasteiger charge is -2.18. The normalized spacial score (nSPS) is 10.3. The quantitative estimate of drug-likeness (QED) is 0.858. The fourth-order valence-electron chi connectivity index (χ4n) is 1.85. The number of aromatic nitrogens is 2. The molecule has 4 nitrogen and oxygen atoms in total. The van der Waals surface area contributed by atoms with Crippen molar-refractivity contribution in [2.24, 2.45) is 0 Å². The Labute approximate surface area is 128 Å². The SMILES string of the molecule is CCCCN(C)c1cc(Nc2cccc(Br)c2)ncn1. The summed E-state index contributed by atoms with van der Waals surface area (Å²) in [4.78, 5) is 10.7. The molecule has 0 aliphatic rings. The summed E-state index contributed by atoms with van der Waals surface area (Å²) >= 11 is 3.46. The van der Waals surface area contributed by atoms with Gasteiger partial charge in [0.25, 0.3) is 0 Å². The maximum atomic E-state index is 4.32. The summed E-state index contributed by atoms with van der Waals surface area (Å²) in [5.41, 5.74) is 1.00. The second kappa shape index (κ2) is 7.24. The molecule has 2 rings (SSSR count). The fraction of sp³-hybridized carbons (Fsp3) is 0.333. The van der Waals surface area contributed by atoms with E-state index in [4.69, 9.17) is 0 Å². The van der Waals surface area contributed by atoms with Crippen LogP contribution in [0.15, 0.2) is 41.1 Å². The van der Waals surface area contributed by atoms with Crippen molar-refractivity contribution in [3.05, 3.63) is 41.1 Å². The van der Waals surface area contributed by atoms with E-state index in [0.29, 0.717) is 0 Å². The van der Waals surface area contributed by atoms with Gasteiger partial charge >= 0.3 is 0 Å². The second-order valence-corrected chi connectivity index (χ2v) is 5.59. The highest BCUT2D eigenvalue weighted by Crippen LogP contribution is 2.21. The van der Waals surface area contributed by atoms with E-state index in [2.05, 4.69) is 50.1 Å². The first-order valence-electron chi connectivity index (χ1n) is 6.75. The summed E-state index contributed by atoms with van der Waals surface area (Å²) in [5, 5.41) is 3.29. The Hall–Kier alpha value is -1.62. The number of hydrogen-bond donors (Lipinski definition) is 1. The smallest absolute Gasteiger partial charge is 0.135 e. The molecule has 2 aromatic rings. The molecule has 5 heteroatoms. The molecule has 0 amide bonds. The van der Waals surface area contributed by atoms with Crippen LogP contribution in [0.5, 0.6) is 0 Å². The standard InChI is InChI=1S/C15H19BrN4/c1-3-4-8-20(2)15-10-14(17-11-18-15)19-13-7-5-6-12(16)9-13/h5-7,9-11H,3-4,8H2,1-2H3,(H,17,18,19). The molecule has 0 unspecified atom stereocenters. The maximum Gasteiger partial charge on any atom is 0.135 e. The zero-order valence-electron chi connectivity index (χ0n) is 11.8. The summed E-state index contributed by atoms with van der Waals surface area (Å²) in [6, 6.07) is 9.98. The van der Waals surface area contributed by atoms with Gasteiger partial charge in [0.05, 0.1) is 0 Å². The lowest BCUT2D eigenvalue weighted by molar-refractivity contribution is 0.758. The van der Waals surface area contributed by atoms with Crippen LogP contribution in [0.1, 0.15) is 19.8 Å². The Morgan fingerprint density at radius 3 is 2.85 bits per heavy atom. The van der Waals surface area contributed by atoms with Crippen molar-refractivity contribution in [3.63, 3.8) is 0 Å². The van der Waals surface area contributed by atoms with Gasteiger partial charge in [-0.05, 0) is 24.6 Å². The zero-order valence-corrected chi connectivity index (χ0v) is 13.4. The molecule has 0 atom stereocenters. The molecule has 1 aromatic carbocycles. The first-order valence-corrected chi connectivity index (χ1v) is 7.54. The average molecular weight is 335 g/mol. The third-order valence-electron chi connectivity index (χ3n) is 2.99. The Morgan fingerprint density at radius 2 is 2.10 bits per heavy atom. The predicted molar refractivity (Wildman–Crippen MR) is 87.6 cm³/mol. The molecule has 0 saturated carbocycles. The maximum absolute atomic E-state index is 4.32. The summed E-state index contributed by atoms with van der Waals surface area (Å²) in [6.45, 7) is 3.19. The molecular weight excluding hydrogens is 316 g/mol. The van der Waals surface area contributed by atoms with Crippen molar-refractivity contribution in [1.82, 2.24) is 9.97 Å². The molecule has 0 aliphatic heterocycles. The van der Waals surface area contributed by atoms with Crippen molar-refractivity contribution in [1.29, 1.82) is 0 Å². The lowest BCUT2D eigenvalue weighted by Crippen LogP contribution is -2.19. The van der Waals surface area contributed by atoms with Gasteiger partial charge < -0.3 is 10.2 Å². The molecule has 1 N–H and O–H groups in total. The van der Waals surface area contributed by atoms with Gasteiger partial charge in [0.1, 0.15) is 18.0 Å². The van der Waals surface area contributed by atoms with E-state index in [-0.39, 0.29) is 0 Å². The molecule has 0 radical (unpaired) electrons. The first kappa shape index (κ1) is 14.8. The van der Waals surface area contributed by atoms with E-state index in [1.807, 2.05) is 30.3 Å². The molecule has 0 bridgehead atoms. The molecule has 106 valence electrons. The molecule has 1 aromatic heterocycles. The predicted octanol–water partition coefficient (Wildman–Crippen LogP) is 4.22. The fourth-order valence-corrected chi connectivity index (χ4v) is 2.25. The van der Waals surface area contributed by atoms with Crippen LogP contribution in [-0.4, -0.2) is 23.6 Å². The van der Waals surface area contributed by atoms with E-state index >= 15 is 0 Å². The number of unbranched alkanes of at least 4 members (excludes halogenated alkanes) is 1. The van der Waals surface area contributed by atoms with Crippen LogP contribution in [0.4, 0.5) is 17.3 Å². The van der Waals surface area contributed by atoms with Crippen LogP contribution in [0.25, 0.3) is 0 Å². The number of rotatable bonds is 6. The zero-order chi connectivity index (χ0) is 14.4. The van der Waals surface area contributed by atoms with Crippen LogP contribution >= 0.6 is 15.9 Å². The van der Waals surface area contributed by atoms with Gasteiger partial charge in [-0.2, -0.15) is 0 Å². The van der Waals surface area contributed by atoms with Crippen molar-refractivity contribution in [3.8, 4) is 0 Å². The third-order valence-corrected chi connectivity index (χ3v) is 3.48. The molecule has 0 spiro atoms. The Bertz CT molecular complexity index is 559. The van der Waals surface area contributed by atoms with Crippen molar-refractivity contribution in [2.75, 3.05) is 23.8 Å². The van der Waals surface area contributed by atoms with E-state index < -0.39 is 0 Å². The van der Waals surface area contributed by atoms with Gasteiger partial charge in [-0.1, -0.05) is 35.3 Å². The van der Waals surface area contributed by atoms with Gasteiger partial charge in [-0.3, -0.25) is 0 Å². The molecule has 0 fully saturated rings. The van der Waals surface area contributed by atoms with Gasteiger partial charge in [0, 0.05) is 29.8 Å². The Balaban J connectivity index is 2.09. The second-order valence-electron chi connectivity index (χ2n) is 4.67. The van der Waals surface area contributed by atoms with Gasteiger partial charge in [0.15, 0.2) is 0 Å². The average Bonchev–Trinajstić information content (AvgIpc) is 2.45. The molecule has 0 saturated heterocycles. The van der Waals surface area contributed by atoms with Gasteiger partial charge in [-0.15, -0.1) is 0 Å². The molecule has 1 heterocycles. The van der Waals surface area contributed by atoms with E-state index in [1.54, 1.807) is 6.33 Å². The van der Waals surface area contributed by atoms with E-state index in [9.17, 15) is 0 Å². The summed E-state index contributed by atoms with van der Waals surface area (Å²) in [7, 11) is 2.06. The highest BCUT2D eigenvalue weighted by molar-refractivity contribution is 9.10. The number of nitrogens with one attached hydrogen (secondary N) is 1. The number of anilines is 3. The molecule has 20 heavy (non-hydrogen) atoms. The molecular formula is C15H19BrN4. The monoisotopic (exact) mass is 334 g/mol. The number of hydrogen-bond acceptors (Lipinski definition) is 4.